The van der Waals surface area contributed by atoms with Gasteiger partial charge in [0.05, 0.1) is 24.3 Å². The largest absolute Gasteiger partial charge is 0.497 e. The molecule has 1 N–H and O–H groups in total. The molecule has 0 spiro atoms. The van der Waals surface area contributed by atoms with Gasteiger partial charge in [0.15, 0.2) is 0 Å². The van der Waals surface area contributed by atoms with E-state index in [1.54, 1.807) is 13.4 Å². The van der Waals surface area contributed by atoms with E-state index in [9.17, 15) is 14.9 Å². The summed E-state index contributed by atoms with van der Waals surface area (Å²) in [5, 5.41) is 13.8. The molecule has 1 amide bonds. The van der Waals surface area contributed by atoms with Crippen molar-refractivity contribution in [1.82, 2.24) is 10.2 Å². The molecule has 3 aromatic rings. The summed E-state index contributed by atoms with van der Waals surface area (Å²) in [5.74, 6) is 1.34. The van der Waals surface area contributed by atoms with Crippen LogP contribution in [0.25, 0.3) is 0 Å². The lowest BCUT2D eigenvalue weighted by atomic mass is 10.1. The summed E-state index contributed by atoms with van der Waals surface area (Å²) in [7, 11) is 1.66. The highest BCUT2D eigenvalue weighted by molar-refractivity contribution is 5.94. The second-order valence-electron chi connectivity index (χ2n) is 7.77. The van der Waals surface area contributed by atoms with Crippen LogP contribution in [0.15, 0.2) is 71.3 Å². The van der Waals surface area contributed by atoms with E-state index in [-0.39, 0.29) is 17.6 Å². The SMILES string of the molecule is COc1ccc(N2CCN(C(CNC(=O)c3ccc([N+](=O)[O-])cc3)c3ccco3)CC2)cc1. The van der Waals surface area contributed by atoms with Crippen molar-refractivity contribution in [3.05, 3.63) is 88.4 Å². The summed E-state index contributed by atoms with van der Waals surface area (Å²) in [4.78, 5) is 27.6. The topological polar surface area (TPSA) is 101 Å². The van der Waals surface area contributed by atoms with Crippen LogP contribution in [0.5, 0.6) is 5.75 Å². The number of rotatable bonds is 8. The van der Waals surface area contributed by atoms with Crippen molar-refractivity contribution < 1.29 is 18.9 Å². The zero-order chi connectivity index (χ0) is 23.2. The first kappa shape index (κ1) is 22.3. The molecule has 4 rings (SSSR count). The van der Waals surface area contributed by atoms with Gasteiger partial charge in [-0.05, 0) is 48.5 Å². The molecule has 1 unspecified atom stereocenters. The van der Waals surface area contributed by atoms with Gasteiger partial charge in [0.25, 0.3) is 11.6 Å². The standard InChI is InChI=1S/C24H26N4O5/c1-32-21-10-8-19(9-11-21)26-12-14-27(15-13-26)22(23-3-2-16-33-23)17-25-24(29)18-4-6-20(7-5-18)28(30)31/h2-11,16,22H,12-15,17H2,1H3,(H,25,29). The lowest BCUT2D eigenvalue weighted by Gasteiger charge is -2.39. The fraction of sp³-hybridized carbons (Fsp3) is 0.292. The molecule has 172 valence electrons. The summed E-state index contributed by atoms with van der Waals surface area (Å²) in [6.07, 6.45) is 1.63. The van der Waals surface area contributed by atoms with Gasteiger partial charge in [-0.1, -0.05) is 0 Å². The Morgan fingerprint density at radius 1 is 1.09 bits per heavy atom. The molecule has 9 heteroatoms. The maximum Gasteiger partial charge on any atom is 0.269 e. The first-order valence-corrected chi connectivity index (χ1v) is 10.7. The minimum atomic E-state index is -0.486. The van der Waals surface area contributed by atoms with Crippen molar-refractivity contribution in [2.75, 3.05) is 44.7 Å². The summed E-state index contributed by atoms with van der Waals surface area (Å²) in [5.41, 5.74) is 1.48. The van der Waals surface area contributed by atoms with Gasteiger partial charge in [-0.25, -0.2) is 0 Å². The Kier molecular flexibility index (Phi) is 6.89. The number of furan rings is 1. The van der Waals surface area contributed by atoms with Gasteiger partial charge in [-0.3, -0.25) is 19.8 Å². The van der Waals surface area contributed by atoms with Gasteiger partial charge in [-0.2, -0.15) is 0 Å². The smallest absolute Gasteiger partial charge is 0.269 e. The Hall–Kier alpha value is -3.85. The Balaban J connectivity index is 1.38. The number of hydrogen-bond acceptors (Lipinski definition) is 7. The van der Waals surface area contributed by atoms with E-state index in [1.165, 1.54) is 24.3 Å². The number of carbonyl (C=O) groups excluding carboxylic acids is 1. The summed E-state index contributed by atoms with van der Waals surface area (Å²) in [6.45, 7) is 3.68. The van der Waals surface area contributed by atoms with Crippen LogP contribution in [0.1, 0.15) is 22.2 Å². The number of nitro benzene ring substituents is 1. The lowest BCUT2D eigenvalue weighted by molar-refractivity contribution is -0.384. The third-order valence-corrected chi connectivity index (χ3v) is 5.86. The highest BCUT2D eigenvalue weighted by Crippen LogP contribution is 2.25. The van der Waals surface area contributed by atoms with Gasteiger partial charge < -0.3 is 19.4 Å². The Morgan fingerprint density at radius 2 is 1.79 bits per heavy atom. The van der Waals surface area contributed by atoms with E-state index < -0.39 is 4.92 Å². The molecule has 2 aromatic carbocycles. The number of amides is 1. The van der Waals surface area contributed by atoms with Gasteiger partial charge in [-0.15, -0.1) is 0 Å². The van der Waals surface area contributed by atoms with E-state index in [0.717, 1.165) is 43.4 Å². The molecule has 1 aromatic heterocycles. The monoisotopic (exact) mass is 450 g/mol. The van der Waals surface area contributed by atoms with E-state index >= 15 is 0 Å². The van der Waals surface area contributed by atoms with Crippen molar-refractivity contribution in [2.24, 2.45) is 0 Å². The van der Waals surface area contributed by atoms with Crippen LogP contribution in [0.3, 0.4) is 0 Å². The number of nitrogens with zero attached hydrogens (tertiary/aromatic N) is 3. The van der Waals surface area contributed by atoms with Gasteiger partial charge in [0.2, 0.25) is 0 Å². The molecular formula is C24H26N4O5. The van der Waals surface area contributed by atoms with E-state index in [4.69, 9.17) is 9.15 Å². The molecule has 1 saturated heterocycles. The predicted octanol–water partition coefficient (Wildman–Crippen LogP) is 3.49. The fourth-order valence-corrected chi connectivity index (χ4v) is 4.00. The second kappa shape index (κ2) is 10.2. The maximum absolute atomic E-state index is 12.6. The Labute approximate surface area is 191 Å². The normalized spacial score (nSPS) is 15.1. The lowest BCUT2D eigenvalue weighted by Crippen LogP contribution is -2.49. The molecule has 1 atom stereocenters. The number of ether oxygens (including phenoxy) is 1. The van der Waals surface area contributed by atoms with Crippen LogP contribution in [-0.2, 0) is 0 Å². The summed E-state index contributed by atoms with van der Waals surface area (Å²) < 4.78 is 10.9. The van der Waals surface area contributed by atoms with Crippen LogP contribution in [0.4, 0.5) is 11.4 Å². The van der Waals surface area contributed by atoms with Crippen molar-refractivity contribution in [3.8, 4) is 5.75 Å². The highest BCUT2D eigenvalue weighted by atomic mass is 16.6. The first-order chi connectivity index (χ1) is 16.0. The molecule has 0 saturated carbocycles. The van der Waals surface area contributed by atoms with Gasteiger partial charge in [0.1, 0.15) is 11.5 Å². The van der Waals surface area contributed by atoms with Crippen molar-refractivity contribution >= 4 is 17.3 Å². The quantitative estimate of drug-likeness (QED) is 0.414. The minimum Gasteiger partial charge on any atom is -0.497 e. The number of nitro groups is 1. The average Bonchev–Trinajstić information content (AvgIpc) is 3.39. The zero-order valence-electron chi connectivity index (χ0n) is 18.3. The number of piperazine rings is 1. The Morgan fingerprint density at radius 3 is 2.36 bits per heavy atom. The number of nitrogens with one attached hydrogen (secondary N) is 1. The molecule has 0 aliphatic carbocycles. The number of hydrogen-bond donors (Lipinski definition) is 1. The van der Waals surface area contributed by atoms with E-state index in [0.29, 0.717) is 12.1 Å². The third kappa shape index (κ3) is 5.32. The molecule has 33 heavy (non-hydrogen) atoms. The minimum absolute atomic E-state index is 0.0465. The summed E-state index contributed by atoms with van der Waals surface area (Å²) in [6, 6.07) is 17.3. The predicted molar refractivity (Wildman–Crippen MR) is 124 cm³/mol. The van der Waals surface area contributed by atoms with Crippen molar-refractivity contribution in [3.63, 3.8) is 0 Å². The van der Waals surface area contributed by atoms with Crippen molar-refractivity contribution in [2.45, 2.75) is 6.04 Å². The number of anilines is 1. The van der Waals surface area contributed by atoms with Gasteiger partial charge in [0, 0.05) is 56.1 Å². The number of carbonyl (C=O) groups is 1. The fourth-order valence-electron chi connectivity index (χ4n) is 4.00. The molecular weight excluding hydrogens is 424 g/mol. The average molecular weight is 450 g/mol. The number of methoxy groups -OCH3 is 1. The van der Waals surface area contributed by atoms with Gasteiger partial charge >= 0.3 is 0 Å². The van der Waals surface area contributed by atoms with E-state index in [2.05, 4.69) is 27.2 Å². The van der Waals surface area contributed by atoms with Crippen LogP contribution in [-0.4, -0.2) is 55.6 Å². The molecule has 0 radical (unpaired) electrons. The van der Waals surface area contributed by atoms with Crippen molar-refractivity contribution in [1.29, 1.82) is 0 Å². The molecule has 1 aliphatic heterocycles. The molecule has 0 bridgehead atoms. The van der Waals surface area contributed by atoms with Crippen LogP contribution in [0.2, 0.25) is 0 Å². The first-order valence-electron chi connectivity index (χ1n) is 10.7. The number of non-ortho nitro benzene ring substituents is 1. The maximum atomic E-state index is 12.6. The van der Waals surface area contributed by atoms with Crippen LogP contribution in [0, 0.1) is 10.1 Å². The third-order valence-electron chi connectivity index (χ3n) is 5.86. The molecule has 1 fully saturated rings. The number of benzene rings is 2. The molecule has 2 heterocycles. The van der Waals surface area contributed by atoms with Crippen LogP contribution < -0.4 is 15.0 Å². The Bertz CT molecular complexity index is 1060. The molecule has 1 aliphatic rings. The van der Waals surface area contributed by atoms with Crippen LogP contribution >= 0.6 is 0 Å². The van der Waals surface area contributed by atoms with E-state index in [1.807, 2.05) is 24.3 Å². The summed E-state index contributed by atoms with van der Waals surface area (Å²) >= 11 is 0. The second-order valence-corrected chi connectivity index (χ2v) is 7.77. The zero-order valence-corrected chi connectivity index (χ0v) is 18.3. The highest BCUT2D eigenvalue weighted by Gasteiger charge is 2.27. The molecule has 9 nitrogen and oxygen atoms in total.